The number of likely N-dealkylation sites (N-methyl/N-ethyl adjacent to an activating group) is 1. The van der Waals surface area contributed by atoms with Crippen molar-refractivity contribution in [3.63, 3.8) is 0 Å². The van der Waals surface area contributed by atoms with Gasteiger partial charge in [-0.1, -0.05) is 24.3 Å². The summed E-state index contributed by atoms with van der Waals surface area (Å²) < 4.78 is 0. The standard InChI is InChI=1S/C25H27N7O/c1-25(2,32(3)4)16-18(17-26)23(33)29-20-11-8-12-21(15-20)30-24-27-14-13-22(31-24)28-19-9-6-5-7-10-19/h5-16H,1-4H3,(H,29,33)(H2,27,28,30,31)/b18-16+. The number of hydrogen-bond donors (Lipinski definition) is 3. The van der Waals surface area contributed by atoms with Gasteiger partial charge in [-0.3, -0.25) is 4.79 Å². The first-order chi connectivity index (χ1) is 15.8. The molecule has 2 aromatic carbocycles. The molecule has 3 rings (SSSR count). The Labute approximate surface area is 194 Å². The van der Waals surface area contributed by atoms with Crippen molar-refractivity contribution in [3.8, 4) is 6.07 Å². The number of para-hydroxylation sites is 1. The van der Waals surface area contributed by atoms with Crippen molar-refractivity contribution in [2.24, 2.45) is 0 Å². The molecule has 168 valence electrons. The van der Waals surface area contributed by atoms with Crippen LogP contribution in [0.25, 0.3) is 0 Å². The molecule has 0 aliphatic carbocycles. The highest BCUT2D eigenvalue weighted by Crippen LogP contribution is 2.21. The van der Waals surface area contributed by atoms with Crippen molar-refractivity contribution >= 4 is 34.7 Å². The highest BCUT2D eigenvalue weighted by molar-refractivity contribution is 6.06. The molecule has 0 aliphatic heterocycles. The maximum atomic E-state index is 12.7. The Bertz CT molecular complexity index is 1180. The minimum absolute atomic E-state index is 0.0510. The van der Waals surface area contributed by atoms with E-state index in [1.165, 1.54) is 0 Å². The molecule has 0 spiro atoms. The lowest BCUT2D eigenvalue weighted by Gasteiger charge is -2.29. The highest BCUT2D eigenvalue weighted by atomic mass is 16.1. The minimum atomic E-state index is -0.463. The lowest BCUT2D eigenvalue weighted by Crippen LogP contribution is -2.37. The van der Waals surface area contributed by atoms with Gasteiger partial charge in [-0.15, -0.1) is 0 Å². The summed E-state index contributed by atoms with van der Waals surface area (Å²) in [5, 5.41) is 18.6. The van der Waals surface area contributed by atoms with Gasteiger partial charge in [0, 0.05) is 28.8 Å². The summed E-state index contributed by atoms with van der Waals surface area (Å²) in [7, 11) is 3.79. The molecule has 1 heterocycles. The van der Waals surface area contributed by atoms with Gasteiger partial charge in [0.15, 0.2) is 0 Å². The van der Waals surface area contributed by atoms with Crippen LogP contribution in [0.3, 0.4) is 0 Å². The average Bonchev–Trinajstić information content (AvgIpc) is 2.78. The normalized spacial score (nSPS) is 11.6. The predicted octanol–water partition coefficient (Wildman–Crippen LogP) is 4.69. The molecule has 0 bridgehead atoms. The van der Waals surface area contributed by atoms with Crippen LogP contribution in [0.1, 0.15) is 13.8 Å². The summed E-state index contributed by atoms with van der Waals surface area (Å²) in [5.74, 6) is 0.593. The van der Waals surface area contributed by atoms with E-state index in [-0.39, 0.29) is 5.57 Å². The van der Waals surface area contributed by atoms with E-state index in [0.29, 0.717) is 23.1 Å². The Morgan fingerprint density at radius 1 is 1.00 bits per heavy atom. The molecule has 3 N–H and O–H groups in total. The number of anilines is 5. The summed E-state index contributed by atoms with van der Waals surface area (Å²) >= 11 is 0. The van der Waals surface area contributed by atoms with Gasteiger partial charge >= 0.3 is 0 Å². The zero-order valence-electron chi connectivity index (χ0n) is 19.1. The fourth-order valence-corrected chi connectivity index (χ4v) is 2.79. The Morgan fingerprint density at radius 3 is 2.39 bits per heavy atom. The number of aromatic nitrogens is 2. The van der Waals surface area contributed by atoms with Gasteiger partial charge in [0.05, 0.1) is 0 Å². The van der Waals surface area contributed by atoms with E-state index >= 15 is 0 Å². The molecule has 8 nitrogen and oxygen atoms in total. The summed E-state index contributed by atoms with van der Waals surface area (Å²) in [6.07, 6.45) is 3.31. The molecule has 8 heteroatoms. The first-order valence-corrected chi connectivity index (χ1v) is 10.4. The number of hydrogen-bond acceptors (Lipinski definition) is 7. The van der Waals surface area contributed by atoms with Gasteiger partial charge in [-0.25, -0.2) is 4.98 Å². The van der Waals surface area contributed by atoms with Crippen molar-refractivity contribution in [2.45, 2.75) is 19.4 Å². The molecule has 0 saturated carbocycles. The van der Waals surface area contributed by atoms with Crippen molar-refractivity contribution in [3.05, 3.63) is 78.5 Å². The van der Waals surface area contributed by atoms with Crippen LogP contribution < -0.4 is 16.0 Å². The molecule has 1 aromatic heterocycles. The van der Waals surface area contributed by atoms with Gasteiger partial charge in [0.25, 0.3) is 5.91 Å². The number of amides is 1. The van der Waals surface area contributed by atoms with Crippen LogP contribution in [0.2, 0.25) is 0 Å². The largest absolute Gasteiger partial charge is 0.340 e. The summed E-state index contributed by atoms with van der Waals surface area (Å²) in [5.41, 5.74) is 1.77. The molecule has 1 amide bonds. The van der Waals surface area contributed by atoms with Gasteiger partial charge in [0.2, 0.25) is 5.95 Å². The number of carbonyl (C=O) groups excluding carboxylic acids is 1. The zero-order valence-corrected chi connectivity index (χ0v) is 19.1. The van der Waals surface area contributed by atoms with E-state index in [4.69, 9.17) is 0 Å². The smallest absolute Gasteiger partial charge is 0.266 e. The molecular weight excluding hydrogens is 414 g/mol. The molecule has 3 aromatic rings. The van der Waals surface area contributed by atoms with Crippen molar-refractivity contribution in [2.75, 3.05) is 30.0 Å². The SMILES string of the molecule is CN(C)C(C)(C)/C=C(\C#N)C(=O)Nc1cccc(Nc2nccc(Nc3ccccc3)n2)c1. The number of nitrogens with zero attached hydrogens (tertiary/aromatic N) is 4. The monoisotopic (exact) mass is 441 g/mol. The van der Waals surface area contributed by atoms with Crippen LogP contribution in [0.15, 0.2) is 78.5 Å². The lowest BCUT2D eigenvalue weighted by atomic mass is 10.00. The third kappa shape index (κ3) is 6.63. The quantitative estimate of drug-likeness (QED) is 0.344. The number of benzene rings is 2. The second kappa shape index (κ2) is 10.4. The molecule has 0 atom stereocenters. The molecule has 0 unspecified atom stereocenters. The Morgan fingerprint density at radius 2 is 1.70 bits per heavy atom. The molecular formula is C25H27N7O. The Balaban J connectivity index is 1.71. The Hall–Kier alpha value is -4.22. The van der Waals surface area contributed by atoms with Crippen LogP contribution in [-0.4, -0.2) is 40.4 Å². The molecule has 0 saturated heterocycles. The number of rotatable bonds is 8. The summed E-state index contributed by atoms with van der Waals surface area (Å²) in [4.78, 5) is 23.3. The second-order valence-corrected chi connectivity index (χ2v) is 8.13. The molecule has 0 aliphatic rings. The van der Waals surface area contributed by atoms with Crippen molar-refractivity contribution in [1.29, 1.82) is 5.26 Å². The second-order valence-electron chi connectivity index (χ2n) is 8.13. The minimum Gasteiger partial charge on any atom is -0.340 e. The van der Waals surface area contributed by atoms with Crippen molar-refractivity contribution < 1.29 is 4.79 Å². The van der Waals surface area contributed by atoms with Gasteiger partial charge in [-0.05, 0) is 70.4 Å². The number of nitrogens with one attached hydrogen (secondary N) is 3. The Kier molecular flexibility index (Phi) is 7.38. The van der Waals surface area contributed by atoms with E-state index in [1.54, 1.807) is 36.5 Å². The predicted molar refractivity (Wildman–Crippen MR) is 132 cm³/mol. The van der Waals surface area contributed by atoms with Gasteiger partial charge in [-0.2, -0.15) is 10.2 Å². The molecule has 33 heavy (non-hydrogen) atoms. The molecule has 0 radical (unpaired) electrons. The van der Waals surface area contributed by atoms with Crippen LogP contribution in [0.4, 0.5) is 28.8 Å². The molecule has 0 fully saturated rings. The van der Waals surface area contributed by atoms with E-state index in [0.717, 1.165) is 5.69 Å². The lowest BCUT2D eigenvalue weighted by molar-refractivity contribution is -0.112. The van der Waals surface area contributed by atoms with E-state index in [1.807, 2.05) is 75.3 Å². The fourth-order valence-electron chi connectivity index (χ4n) is 2.79. The van der Waals surface area contributed by atoms with Crippen molar-refractivity contribution in [1.82, 2.24) is 14.9 Å². The van der Waals surface area contributed by atoms with Crippen LogP contribution in [0, 0.1) is 11.3 Å². The average molecular weight is 442 g/mol. The number of carbonyl (C=O) groups is 1. The first-order valence-electron chi connectivity index (χ1n) is 10.4. The van der Waals surface area contributed by atoms with E-state index in [2.05, 4.69) is 25.9 Å². The highest BCUT2D eigenvalue weighted by Gasteiger charge is 2.21. The van der Waals surface area contributed by atoms with Gasteiger partial charge < -0.3 is 20.9 Å². The maximum Gasteiger partial charge on any atom is 0.266 e. The topological polar surface area (TPSA) is 106 Å². The third-order valence-corrected chi connectivity index (χ3v) is 5.09. The number of nitriles is 1. The summed E-state index contributed by atoms with van der Waals surface area (Å²) in [6, 6.07) is 20.6. The van der Waals surface area contributed by atoms with E-state index in [9.17, 15) is 10.1 Å². The van der Waals surface area contributed by atoms with Crippen LogP contribution >= 0.6 is 0 Å². The van der Waals surface area contributed by atoms with Gasteiger partial charge in [0.1, 0.15) is 17.5 Å². The summed E-state index contributed by atoms with van der Waals surface area (Å²) in [6.45, 7) is 3.87. The third-order valence-electron chi connectivity index (χ3n) is 5.09. The van der Waals surface area contributed by atoms with Crippen LogP contribution in [0.5, 0.6) is 0 Å². The maximum absolute atomic E-state index is 12.7. The first kappa shape index (κ1) is 23.4. The van der Waals surface area contributed by atoms with E-state index < -0.39 is 11.4 Å². The van der Waals surface area contributed by atoms with Crippen LogP contribution in [-0.2, 0) is 4.79 Å². The zero-order chi connectivity index (χ0) is 23.8. The fraction of sp³-hybridized carbons (Fsp3) is 0.200.